The summed E-state index contributed by atoms with van der Waals surface area (Å²) < 4.78 is 4.20. The molecule has 0 bridgehead atoms. The summed E-state index contributed by atoms with van der Waals surface area (Å²) >= 11 is 0. The van der Waals surface area contributed by atoms with Crippen molar-refractivity contribution in [2.24, 2.45) is 14.1 Å². The van der Waals surface area contributed by atoms with E-state index in [9.17, 15) is 4.79 Å². The molecule has 0 N–H and O–H groups in total. The van der Waals surface area contributed by atoms with Crippen molar-refractivity contribution >= 4 is 27.8 Å². The van der Waals surface area contributed by atoms with Gasteiger partial charge in [0, 0.05) is 32.6 Å². The molecular formula is C22H23N3O. The molecule has 0 fully saturated rings. The van der Waals surface area contributed by atoms with Gasteiger partial charge in [0.2, 0.25) is 0 Å². The van der Waals surface area contributed by atoms with E-state index in [0.29, 0.717) is 13.1 Å². The van der Waals surface area contributed by atoms with E-state index in [1.165, 1.54) is 10.9 Å². The van der Waals surface area contributed by atoms with Crippen LogP contribution in [0.15, 0.2) is 60.7 Å². The van der Waals surface area contributed by atoms with Gasteiger partial charge in [0.15, 0.2) is 0 Å². The molecular weight excluding hydrogens is 322 g/mol. The first kappa shape index (κ1) is 16.5. The lowest BCUT2D eigenvalue weighted by molar-refractivity contribution is 0.0743. The Morgan fingerprint density at radius 3 is 2.35 bits per heavy atom. The van der Waals surface area contributed by atoms with Crippen molar-refractivity contribution in [1.29, 1.82) is 0 Å². The third-order valence-corrected chi connectivity index (χ3v) is 5.20. The molecule has 4 nitrogen and oxygen atoms in total. The van der Waals surface area contributed by atoms with Crippen molar-refractivity contribution < 1.29 is 4.79 Å². The molecule has 2 aromatic carbocycles. The largest absolute Gasteiger partial charge is 0.342 e. The van der Waals surface area contributed by atoms with Gasteiger partial charge in [0.1, 0.15) is 5.69 Å². The maximum atomic E-state index is 13.2. The number of carbonyl (C=O) groups excluding carboxylic acids is 1. The molecule has 2 heterocycles. The highest BCUT2D eigenvalue weighted by atomic mass is 16.2. The molecule has 0 saturated carbocycles. The molecule has 0 saturated heterocycles. The predicted octanol–water partition coefficient (Wildman–Crippen LogP) is 4.33. The van der Waals surface area contributed by atoms with Gasteiger partial charge in [-0.25, -0.2) is 0 Å². The third-order valence-electron chi connectivity index (χ3n) is 5.20. The molecule has 1 amide bonds. The normalized spacial score (nSPS) is 11.3. The number of para-hydroxylation sites is 1. The van der Waals surface area contributed by atoms with E-state index in [4.69, 9.17) is 0 Å². The minimum atomic E-state index is 0.0686. The van der Waals surface area contributed by atoms with Gasteiger partial charge in [0.05, 0.1) is 16.6 Å². The Morgan fingerprint density at radius 2 is 1.62 bits per heavy atom. The Kier molecular flexibility index (Phi) is 4.03. The lowest BCUT2D eigenvalue weighted by Crippen LogP contribution is -2.31. The maximum Gasteiger partial charge on any atom is 0.270 e. The first-order chi connectivity index (χ1) is 12.6. The van der Waals surface area contributed by atoms with Crippen LogP contribution in [0.5, 0.6) is 0 Å². The highest BCUT2D eigenvalue weighted by molar-refractivity contribution is 6.10. The molecule has 0 aliphatic rings. The average molecular weight is 345 g/mol. The van der Waals surface area contributed by atoms with Crippen LogP contribution in [0.1, 0.15) is 23.0 Å². The van der Waals surface area contributed by atoms with E-state index in [1.54, 1.807) is 0 Å². The molecule has 132 valence electrons. The van der Waals surface area contributed by atoms with Gasteiger partial charge in [-0.05, 0) is 24.6 Å². The van der Waals surface area contributed by atoms with Crippen molar-refractivity contribution in [2.45, 2.75) is 13.5 Å². The minimum absolute atomic E-state index is 0.0686. The quantitative estimate of drug-likeness (QED) is 0.541. The van der Waals surface area contributed by atoms with Crippen molar-refractivity contribution in [3.05, 3.63) is 71.9 Å². The van der Waals surface area contributed by atoms with Gasteiger partial charge in [-0.1, -0.05) is 48.5 Å². The van der Waals surface area contributed by atoms with E-state index in [-0.39, 0.29) is 5.91 Å². The molecule has 26 heavy (non-hydrogen) atoms. The molecule has 0 atom stereocenters. The first-order valence-corrected chi connectivity index (χ1v) is 8.98. The van der Waals surface area contributed by atoms with Crippen molar-refractivity contribution in [2.75, 3.05) is 6.54 Å². The molecule has 4 aromatic rings. The highest BCUT2D eigenvalue weighted by Gasteiger charge is 2.22. The number of rotatable bonds is 4. The molecule has 0 unspecified atom stereocenters. The monoisotopic (exact) mass is 345 g/mol. The fourth-order valence-corrected chi connectivity index (χ4v) is 3.76. The number of amides is 1. The summed E-state index contributed by atoms with van der Waals surface area (Å²) in [5, 5.41) is 1.18. The number of benzene rings is 2. The summed E-state index contributed by atoms with van der Waals surface area (Å²) in [6, 6.07) is 20.5. The van der Waals surface area contributed by atoms with E-state index in [2.05, 4.69) is 35.9 Å². The van der Waals surface area contributed by atoms with Gasteiger partial charge in [-0.2, -0.15) is 0 Å². The van der Waals surface area contributed by atoms with Crippen LogP contribution in [0.4, 0.5) is 0 Å². The Bertz CT molecular complexity index is 1090. The Balaban J connectivity index is 1.77. The van der Waals surface area contributed by atoms with Crippen LogP contribution >= 0.6 is 0 Å². The number of aromatic nitrogens is 2. The number of carbonyl (C=O) groups is 1. The Hall–Kier alpha value is -3.01. The standard InChI is InChI=1S/C22H23N3O/c1-4-25(15-16-10-6-5-7-11-16)22(26)20-14-19-21(24(20)3)17-12-8-9-13-18(17)23(19)2/h5-14H,4,15H2,1-3H3. The van der Waals surface area contributed by atoms with Gasteiger partial charge in [-0.3, -0.25) is 4.79 Å². The van der Waals surface area contributed by atoms with Crippen molar-refractivity contribution in [3.8, 4) is 0 Å². The highest BCUT2D eigenvalue weighted by Crippen LogP contribution is 2.30. The minimum Gasteiger partial charge on any atom is -0.342 e. The molecule has 4 heteroatoms. The molecule has 0 spiro atoms. The van der Waals surface area contributed by atoms with Crippen LogP contribution < -0.4 is 0 Å². The zero-order valence-corrected chi connectivity index (χ0v) is 15.4. The Morgan fingerprint density at radius 1 is 0.923 bits per heavy atom. The smallest absolute Gasteiger partial charge is 0.270 e. The number of hydrogen-bond acceptors (Lipinski definition) is 1. The number of hydrogen-bond donors (Lipinski definition) is 0. The predicted molar refractivity (Wildman–Crippen MR) is 106 cm³/mol. The second kappa shape index (κ2) is 6.37. The van der Waals surface area contributed by atoms with Crippen LogP contribution in [-0.4, -0.2) is 26.5 Å². The first-order valence-electron chi connectivity index (χ1n) is 8.98. The van der Waals surface area contributed by atoms with E-state index in [0.717, 1.165) is 22.3 Å². The van der Waals surface area contributed by atoms with E-state index < -0.39 is 0 Å². The van der Waals surface area contributed by atoms with Crippen molar-refractivity contribution in [3.63, 3.8) is 0 Å². The molecule has 0 aliphatic carbocycles. The zero-order chi connectivity index (χ0) is 18.3. The van der Waals surface area contributed by atoms with Crippen LogP contribution in [0.3, 0.4) is 0 Å². The van der Waals surface area contributed by atoms with Crippen LogP contribution in [-0.2, 0) is 20.6 Å². The van der Waals surface area contributed by atoms with E-state index >= 15 is 0 Å². The summed E-state index contributed by atoms with van der Waals surface area (Å²) in [7, 11) is 4.04. The lowest BCUT2D eigenvalue weighted by atomic mass is 10.2. The second-order valence-electron chi connectivity index (χ2n) is 6.70. The lowest BCUT2D eigenvalue weighted by Gasteiger charge is -2.21. The molecule has 0 aliphatic heterocycles. The second-order valence-corrected chi connectivity index (χ2v) is 6.70. The SMILES string of the molecule is CCN(Cc1ccccc1)C(=O)c1cc2c(c3ccccc3n2C)n1C. The Labute approximate surface area is 153 Å². The number of fused-ring (bicyclic) bond motifs is 3. The zero-order valence-electron chi connectivity index (χ0n) is 15.4. The van der Waals surface area contributed by atoms with E-state index in [1.807, 2.05) is 59.8 Å². The summed E-state index contributed by atoms with van der Waals surface area (Å²) in [5.41, 5.74) is 5.26. The number of nitrogens with zero attached hydrogens (tertiary/aromatic N) is 3. The van der Waals surface area contributed by atoms with Crippen molar-refractivity contribution in [1.82, 2.24) is 14.0 Å². The molecule has 4 rings (SSSR count). The molecule has 2 aromatic heterocycles. The van der Waals surface area contributed by atoms with Gasteiger partial charge in [-0.15, -0.1) is 0 Å². The van der Waals surface area contributed by atoms with Crippen LogP contribution in [0, 0.1) is 0 Å². The molecule has 0 radical (unpaired) electrons. The summed E-state index contributed by atoms with van der Waals surface area (Å²) in [4.78, 5) is 15.1. The average Bonchev–Trinajstić information content (AvgIpc) is 3.16. The number of aryl methyl sites for hydroxylation is 2. The summed E-state index contributed by atoms with van der Waals surface area (Å²) in [5.74, 6) is 0.0686. The van der Waals surface area contributed by atoms with Gasteiger partial charge < -0.3 is 14.0 Å². The topological polar surface area (TPSA) is 30.2 Å². The summed E-state index contributed by atoms with van der Waals surface area (Å²) in [6.07, 6.45) is 0. The summed E-state index contributed by atoms with van der Waals surface area (Å²) in [6.45, 7) is 3.33. The van der Waals surface area contributed by atoms with Gasteiger partial charge in [0.25, 0.3) is 5.91 Å². The van der Waals surface area contributed by atoms with Crippen LogP contribution in [0.25, 0.3) is 21.9 Å². The fraction of sp³-hybridized carbons (Fsp3) is 0.227. The third kappa shape index (κ3) is 2.49. The van der Waals surface area contributed by atoms with Crippen LogP contribution in [0.2, 0.25) is 0 Å². The fourth-order valence-electron chi connectivity index (χ4n) is 3.76. The van der Waals surface area contributed by atoms with Gasteiger partial charge >= 0.3 is 0 Å². The maximum absolute atomic E-state index is 13.2.